The van der Waals surface area contributed by atoms with Crippen LogP contribution in [0.15, 0.2) is 18.2 Å². The maximum absolute atomic E-state index is 10.9. The molecule has 0 radical (unpaired) electrons. The third-order valence-electron chi connectivity index (χ3n) is 3.90. The van der Waals surface area contributed by atoms with Gasteiger partial charge in [0.05, 0.1) is 17.8 Å². The number of rotatable bonds is 3. The van der Waals surface area contributed by atoms with Gasteiger partial charge in [-0.1, -0.05) is 0 Å². The second-order valence-corrected chi connectivity index (χ2v) is 5.56. The lowest BCUT2D eigenvalue weighted by atomic mass is 10.0. The maximum atomic E-state index is 10.9. The molecule has 21 heavy (non-hydrogen) atoms. The SMILES string of the molecule is C[C@@H]1CN(c2ccc(N)cc2C#N)C[C@H](C)N1CC(=O)O. The fourth-order valence-electron chi connectivity index (χ4n) is 2.94. The number of nitrogens with zero attached hydrogens (tertiary/aromatic N) is 3. The molecule has 0 amide bonds. The summed E-state index contributed by atoms with van der Waals surface area (Å²) in [5, 5.41) is 18.2. The number of anilines is 2. The minimum Gasteiger partial charge on any atom is -0.480 e. The zero-order valence-electron chi connectivity index (χ0n) is 12.3. The summed E-state index contributed by atoms with van der Waals surface area (Å²) in [6.45, 7) is 5.44. The van der Waals surface area contributed by atoms with Crippen molar-refractivity contribution < 1.29 is 9.90 Å². The van der Waals surface area contributed by atoms with Gasteiger partial charge in [-0.2, -0.15) is 5.26 Å². The Hall–Kier alpha value is -2.26. The number of hydrogen-bond acceptors (Lipinski definition) is 5. The molecule has 0 unspecified atom stereocenters. The average Bonchev–Trinajstić information content (AvgIpc) is 2.42. The standard InChI is InChI=1S/C15H20N4O2/c1-10-7-18(8-11(2)19(10)9-15(20)21)14-4-3-13(17)5-12(14)6-16/h3-5,10-11H,7-9,17H2,1-2H3,(H,20,21)/t10-,11+. The third-order valence-corrected chi connectivity index (χ3v) is 3.90. The van der Waals surface area contributed by atoms with Gasteiger partial charge in [0.15, 0.2) is 0 Å². The molecule has 2 atom stereocenters. The van der Waals surface area contributed by atoms with Gasteiger partial charge in [-0.15, -0.1) is 0 Å². The summed E-state index contributed by atoms with van der Waals surface area (Å²) in [7, 11) is 0. The summed E-state index contributed by atoms with van der Waals surface area (Å²) in [6.07, 6.45) is 0. The van der Waals surface area contributed by atoms with Crippen molar-refractivity contribution in [3.05, 3.63) is 23.8 Å². The van der Waals surface area contributed by atoms with Gasteiger partial charge in [-0.05, 0) is 32.0 Å². The molecule has 0 saturated carbocycles. The monoisotopic (exact) mass is 288 g/mol. The van der Waals surface area contributed by atoms with Crippen LogP contribution in [-0.4, -0.2) is 47.7 Å². The molecule has 1 fully saturated rings. The summed E-state index contributed by atoms with van der Waals surface area (Å²) in [6, 6.07) is 7.71. The van der Waals surface area contributed by atoms with Gasteiger partial charge in [0, 0.05) is 30.9 Å². The van der Waals surface area contributed by atoms with E-state index >= 15 is 0 Å². The Morgan fingerprint density at radius 3 is 2.57 bits per heavy atom. The highest BCUT2D eigenvalue weighted by Gasteiger charge is 2.31. The van der Waals surface area contributed by atoms with Crippen molar-refractivity contribution in [3.8, 4) is 6.07 Å². The van der Waals surface area contributed by atoms with Gasteiger partial charge in [0.1, 0.15) is 6.07 Å². The predicted molar refractivity (Wildman–Crippen MR) is 81.0 cm³/mol. The van der Waals surface area contributed by atoms with Crippen molar-refractivity contribution >= 4 is 17.3 Å². The van der Waals surface area contributed by atoms with Crippen LogP contribution < -0.4 is 10.6 Å². The Labute approximate surface area is 124 Å². The van der Waals surface area contributed by atoms with Crippen LogP contribution in [-0.2, 0) is 4.79 Å². The van der Waals surface area contributed by atoms with E-state index in [2.05, 4.69) is 11.0 Å². The van der Waals surface area contributed by atoms with E-state index in [9.17, 15) is 10.1 Å². The van der Waals surface area contributed by atoms with E-state index in [1.165, 1.54) is 0 Å². The number of benzene rings is 1. The Morgan fingerprint density at radius 1 is 1.43 bits per heavy atom. The first kappa shape index (κ1) is 15.1. The van der Waals surface area contributed by atoms with Crippen LogP contribution in [0.25, 0.3) is 0 Å². The van der Waals surface area contributed by atoms with Gasteiger partial charge < -0.3 is 15.7 Å². The number of nitrogen functional groups attached to an aromatic ring is 1. The molecule has 3 N–H and O–H groups in total. The van der Waals surface area contributed by atoms with Gasteiger partial charge in [0.25, 0.3) is 0 Å². The molecule has 1 saturated heterocycles. The molecule has 1 heterocycles. The number of carboxylic acids is 1. The van der Waals surface area contributed by atoms with Crippen LogP contribution >= 0.6 is 0 Å². The topological polar surface area (TPSA) is 93.6 Å². The van der Waals surface area contributed by atoms with Gasteiger partial charge in [-0.3, -0.25) is 9.69 Å². The molecule has 1 aromatic rings. The molecule has 0 aliphatic carbocycles. The summed E-state index contributed by atoms with van der Waals surface area (Å²) in [5.74, 6) is -0.813. The lowest BCUT2D eigenvalue weighted by Gasteiger charge is -2.44. The van der Waals surface area contributed by atoms with Crippen molar-refractivity contribution in [1.29, 1.82) is 5.26 Å². The van der Waals surface area contributed by atoms with Crippen LogP contribution in [0.4, 0.5) is 11.4 Å². The van der Waals surface area contributed by atoms with Crippen LogP contribution in [0.2, 0.25) is 0 Å². The fourth-order valence-corrected chi connectivity index (χ4v) is 2.94. The second kappa shape index (κ2) is 6.02. The van der Waals surface area contributed by atoms with Crippen LogP contribution in [0.3, 0.4) is 0 Å². The zero-order valence-corrected chi connectivity index (χ0v) is 12.3. The summed E-state index contributed by atoms with van der Waals surface area (Å²) in [5.41, 5.74) is 7.71. The van der Waals surface area contributed by atoms with E-state index in [0.29, 0.717) is 24.3 Å². The molecule has 1 aliphatic heterocycles. The van der Waals surface area contributed by atoms with Crippen LogP contribution in [0.1, 0.15) is 19.4 Å². The lowest BCUT2D eigenvalue weighted by molar-refractivity contribution is -0.139. The molecule has 0 aromatic heterocycles. The molecule has 6 nitrogen and oxygen atoms in total. The fraction of sp³-hybridized carbons (Fsp3) is 0.467. The average molecular weight is 288 g/mol. The van der Waals surface area contributed by atoms with E-state index < -0.39 is 5.97 Å². The second-order valence-electron chi connectivity index (χ2n) is 5.56. The number of piperazine rings is 1. The Kier molecular flexibility index (Phi) is 4.34. The number of nitriles is 1. The number of hydrogen-bond donors (Lipinski definition) is 2. The highest BCUT2D eigenvalue weighted by molar-refractivity contribution is 5.69. The summed E-state index contributed by atoms with van der Waals surface area (Å²) in [4.78, 5) is 15.0. The van der Waals surface area contributed by atoms with Gasteiger partial charge in [-0.25, -0.2) is 0 Å². The van der Waals surface area contributed by atoms with E-state index in [0.717, 1.165) is 5.69 Å². The van der Waals surface area contributed by atoms with Gasteiger partial charge >= 0.3 is 5.97 Å². The van der Waals surface area contributed by atoms with E-state index in [1.807, 2.05) is 24.8 Å². The van der Waals surface area contributed by atoms with Gasteiger partial charge in [0.2, 0.25) is 0 Å². The Bertz CT molecular complexity index is 570. The largest absolute Gasteiger partial charge is 0.480 e. The van der Waals surface area contributed by atoms with E-state index in [4.69, 9.17) is 10.8 Å². The quantitative estimate of drug-likeness (QED) is 0.810. The highest BCUT2D eigenvalue weighted by Crippen LogP contribution is 2.27. The number of carbonyl (C=O) groups is 1. The molecule has 1 aliphatic rings. The summed E-state index contributed by atoms with van der Waals surface area (Å²) >= 11 is 0. The van der Waals surface area contributed by atoms with Crippen LogP contribution in [0, 0.1) is 11.3 Å². The summed E-state index contributed by atoms with van der Waals surface area (Å²) < 4.78 is 0. The van der Waals surface area contributed by atoms with Crippen molar-refractivity contribution in [2.75, 3.05) is 30.3 Å². The molecule has 0 bridgehead atoms. The number of aliphatic carboxylic acids is 1. The smallest absolute Gasteiger partial charge is 0.317 e. The third kappa shape index (κ3) is 3.26. The minimum atomic E-state index is -0.813. The predicted octanol–water partition coefficient (Wildman–Crippen LogP) is 1.12. The molecule has 2 rings (SSSR count). The molecular weight excluding hydrogens is 268 g/mol. The maximum Gasteiger partial charge on any atom is 0.317 e. The zero-order chi connectivity index (χ0) is 15.6. The molecule has 6 heteroatoms. The molecular formula is C15H20N4O2. The minimum absolute atomic E-state index is 0.0447. The normalized spacial score (nSPS) is 22.8. The first-order chi connectivity index (χ1) is 9.92. The first-order valence-corrected chi connectivity index (χ1v) is 6.94. The van der Waals surface area contributed by atoms with E-state index in [-0.39, 0.29) is 18.6 Å². The Balaban J connectivity index is 2.22. The van der Waals surface area contributed by atoms with Crippen LogP contribution in [0.5, 0.6) is 0 Å². The van der Waals surface area contributed by atoms with Crippen molar-refractivity contribution in [3.63, 3.8) is 0 Å². The molecule has 0 spiro atoms. The van der Waals surface area contributed by atoms with Crippen molar-refractivity contribution in [2.45, 2.75) is 25.9 Å². The molecule has 112 valence electrons. The number of carboxylic acid groups (broad SMARTS) is 1. The van der Waals surface area contributed by atoms with E-state index in [1.54, 1.807) is 12.1 Å². The molecule has 1 aromatic carbocycles. The number of nitrogens with two attached hydrogens (primary N) is 1. The first-order valence-electron chi connectivity index (χ1n) is 6.94. The lowest BCUT2D eigenvalue weighted by Crippen LogP contribution is -2.58. The Morgan fingerprint density at radius 2 is 2.05 bits per heavy atom. The highest BCUT2D eigenvalue weighted by atomic mass is 16.4. The van der Waals surface area contributed by atoms with Crippen molar-refractivity contribution in [2.24, 2.45) is 0 Å². The van der Waals surface area contributed by atoms with Crippen molar-refractivity contribution in [1.82, 2.24) is 4.90 Å².